The SMILES string of the molecule is CCC(C(=O)O)N(C)C(CC)c1ccc(F)cc1. The predicted octanol–water partition coefficient (Wildman–Crippen LogP) is 3.07. The quantitative estimate of drug-likeness (QED) is 0.847. The third-order valence-corrected chi connectivity index (χ3v) is 3.30. The Balaban J connectivity index is 2.95. The number of hydrogen-bond acceptors (Lipinski definition) is 2. The van der Waals surface area contributed by atoms with Gasteiger partial charge in [-0.05, 0) is 37.6 Å². The third kappa shape index (κ3) is 3.29. The summed E-state index contributed by atoms with van der Waals surface area (Å²) in [7, 11) is 1.81. The van der Waals surface area contributed by atoms with Crippen molar-refractivity contribution in [2.75, 3.05) is 7.05 Å². The van der Waals surface area contributed by atoms with E-state index in [0.29, 0.717) is 6.42 Å². The van der Waals surface area contributed by atoms with E-state index < -0.39 is 12.0 Å². The molecule has 0 aliphatic carbocycles. The van der Waals surface area contributed by atoms with Gasteiger partial charge >= 0.3 is 5.97 Å². The lowest BCUT2D eigenvalue weighted by molar-refractivity contribution is -0.143. The van der Waals surface area contributed by atoms with Crippen LogP contribution in [0.5, 0.6) is 0 Å². The Morgan fingerprint density at radius 1 is 1.28 bits per heavy atom. The van der Waals surface area contributed by atoms with E-state index in [1.807, 2.05) is 18.7 Å². The molecule has 0 bridgehead atoms. The average molecular weight is 253 g/mol. The first-order valence-electron chi connectivity index (χ1n) is 6.21. The monoisotopic (exact) mass is 253 g/mol. The first-order valence-corrected chi connectivity index (χ1v) is 6.21. The largest absolute Gasteiger partial charge is 0.480 e. The minimum atomic E-state index is -0.819. The number of hydrogen-bond donors (Lipinski definition) is 1. The van der Waals surface area contributed by atoms with Crippen LogP contribution in [0.1, 0.15) is 38.3 Å². The molecule has 2 unspecified atom stereocenters. The maximum Gasteiger partial charge on any atom is 0.320 e. The lowest BCUT2D eigenvalue weighted by atomic mass is 10.0. The van der Waals surface area contributed by atoms with Crippen molar-refractivity contribution in [3.05, 3.63) is 35.6 Å². The van der Waals surface area contributed by atoms with Crippen LogP contribution in [-0.4, -0.2) is 29.1 Å². The zero-order valence-electron chi connectivity index (χ0n) is 11.1. The first kappa shape index (κ1) is 14.6. The van der Waals surface area contributed by atoms with Crippen LogP contribution in [0.3, 0.4) is 0 Å². The molecule has 0 amide bonds. The van der Waals surface area contributed by atoms with Crippen molar-refractivity contribution < 1.29 is 14.3 Å². The van der Waals surface area contributed by atoms with Crippen molar-refractivity contribution in [3.8, 4) is 0 Å². The normalized spacial score (nSPS) is 14.5. The molecule has 0 spiro atoms. The molecule has 1 N–H and O–H groups in total. The Morgan fingerprint density at radius 3 is 2.22 bits per heavy atom. The molecule has 0 radical (unpaired) electrons. The highest BCUT2D eigenvalue weighted by atomic mass is 19.1. The number of halogens is 1. The minimum Gasteiger partial charge on any atom is -0.480 e. The van der Waals surface area contributed by atoms with E-state index in [2.05, 4.69) is 0 Å². The number of rotatable bonds is 6. The standard InChI is InChI=1S/C14H20FNO2/c1-4-12(10-6-8-11(15)9-7-10)16(3)13(5-2)14(17)18/h6-9,12-13H,4-5H2,1-3H3,(H,17,18). The summed E-state index contributed by atoms with van der Waals surface area (Å²) in [5.41, 5.74) is 0.945. The highest BCUT2D eigenvalue weighted by molar-refractivity contribution is 5.73. The Kier molecular flexibility index (Phi) is 5.28. The van der Waals surface area contributed by atoms with Gasteiger partial charge in [-0.25, -0.2) is 4.39 Å². The number of carboxylic acid groups (broad SMARTS) is 1. The van der Waals surface area contributed by atoms with E-state index in [4.69, 9.17) is 0 Å². The van der Waals surface area contributed by atoms with Crippen LogP contribution in [0.4, 0.5) is 4.39 Å². The van der Waals surface area contributed by atoms with Gasteiger partial charge in [0.25, 0.3) is 0 Å². The van der Waals surface area contributed by atoms with Crippen LogP contribution in [0.25, 0.3) is 0 Å². The van der Waals surface area contributed by atoms with Gasteiger partial charge in [0.15, 0.2) is 0 Å². The third-order valence-electron chi connectivity index (χ3n) is 3.30. The smallest absolute Gasteiger partial charge is 0.320 e. The van der Waals surface area contributed by atoms with Crippen molar-refractivity contribution in [2.24, 2.45) is 0 Å². The number of carbonyl (C=O) groups is 1. The summed E-state index contributed by atoms with van der Waals surface area (Å²) in [5.74, 6) is -1.10. The molecule has 3 nitrogen and oxygen atoms in total. The fourth-order valence-corrected chi connectivity index (χ4v) is 2.30. The molecule has 1 rings (SSSR count). The van der Waals surface area contributed by atoms with Crippen molar-refractivity contribution in [3.63, 3.8) is 0 Å². The molecular formula is C14H20FNO2. The summed E-state index contributed by atoms with van der Waals surface area (Å²) in [4.78, 5) is 13.0. The highest BCUT2D eigenvalue weighted by Gasteiger charge is 2.26. The van der Waals surface area contributed by atoms with Gasteiger partial charge in [-0.2, -0.15) is 0 Å². The highest BCUT2D eigenvalue weighted by Crippen LogP contribution is 2.25. The van der Waals surface area contributed by atoms with Crippen LogP contribution in [0.2, 0.25) is 0 Å². The van der Waals surface area contributed by atoms with Crippen LogP contribution < -0.4 is 0 Å². The summed E-state index contributed by atoms with van der Waals surface area (Å²) >= 11 is 0. The Morgan fingerprint density at radius 2 is 1.83 bits per heavy atom. The van der Waals surface area contributed by atoms with Crippen LogP contribution in [0.15, 0.2) is 24.3 Å². The molecule has 4 heteroatoms. The summed E-state index contributed by atoms with van der Waals surface area (Å²) < 4.78 is 12.9. The van der Waals surface area contributed by atoms with Gasteiger partial charge < -0.3 is 5.11 Å². The first-order chi connectivity index (χ1) is 8.51. The molecule has 2 atom stereocenters. The van der Waals surface area contributed by atoms with Crippen molar-refractivity contribution in [2.45, 2.75) is 38.8 Å². The van der Waals surface area contributed by atoms with Crippen molar-refractivity contribution in [1.82, 2.24) is 4.90 Å². The molecule has 0 aliphatic heterocycles. The number of aliphatic carboxylic acids is 1. The predicted molar refractivity (Wildman–Crippen MR) is 68.9 cm³/mol. The second-order valence-corrected chi connectivity index (χ2v) is 4.40. The molecule has 0 aliphatic rings. The van der Waals surface area contributed by atoms with Gasteiger partial charge in [-0.3, -0.25) is 9.69 Å². The van der Waals surface area contributed by atoms with E-state index in [1.54, 1.807) is 19.2 Å². The maximum absolute atomic E-state index is 12.9. The van der Waals surface area contributed by atoms with E-state index >= 15 is 0 Å². The molecule has 0 aromatic heterocycles. The number of carboxylic acids is 1. The van der Waals surface area contributed by atoms with E-state index in [9.17, 15) is 14.3 Å². The lowest BCUT2D eigenvalue weighted by Crippen LogP contribution is -2.40. The fraction of sp³-hybridized carbons (Fsp3) is 0.500. The molecule has 0 saturated heterocycles. The average Bonchev–Trinajstić information content (AvgIpc) is 2.33. The van der Waals surface area contributed by atoms with Crippen LogP contribution in [-0.2, 0) is 4.79 Å². The zero-order valence-corrected chi connectivity index (χ0v) is 11.1. The molecule has 100 valence electrons. The summed E-state index contributed by atoms with van der Waals surface area (Å²) in [6.45, 7) is 3.85. The van der Waals surface area contributed by atoms with Gasteiger partial charge in [0.2, 0.25) is 0 Å². The Hall–Kier alpha value is -1.42. The molecule has 0 saturated carbocycles. The summed E-state index contributed by atoms with van der Waals surface area (Å²) in [5, 5.41) is 9.18. The van der Waals surface area contributed by atoms with Crippen molar-refractivity contribution >= 4 is 5.97 Å². The topological polar surface area (TPSA) is 40.5 Å². The summed E-state index contributed by atoms with van der Waals surface area (Å²) in [6.07, 6.45) is 1.33. The molecule has 18 heavy (non-hydrogen) atoms. The zero-order chi connectivity index (χ0) is 13.7. The number of nitrogens with zero attached hydrogens (tertiary/aromatic N) is 1. The molecule has 0 heterocycles. The second-order valence-electron chi connectivity index (χ2n) is 4.40. The van der Waals surface area contributed by atoms with Crippen molar-refractivity contribution in [1.29, 1.82) is 0 Å². The van der Waals surface area contributed by atoms with E-state index in [-0.39, 0.29) is 11.9 Å². The van der Waals surface area contributed by atoms with Gasteiger partial charge in [0.1, 0.15) is 11.9 Å². The van der Waals surface area contributed by atoms with Gasteiger partial charge in [-0.15, -0.1) is 0 Å². The minimum absolute atomic E-state index is 0.00773. The van der Waals surface area contributed by atoms with Gasteiger partial charge in [-0.1, -0.05) is 26.0 Å². The Labute approximate surface area is 107 Å². The maximum atomic E-state index is 12.9. The van der Waals surface area contributed by atoms with E-state index in [0.717, 1.165) is 12.0 Å². The molecule has 1 aromatic carbocycles. The van der Waals surface area contributed by atoms with Gasteiger partial charge in [0, 0.05) is 6.04 Å². The van der Waals surface area contributed by atoms with Crippen LogP contribution in [0, 0.1) is 5.82 Å². The molecule has 1 aromatic rings. The fourth-order valence-electron chi connectivity index (χ4n) is 2.30. The lowest BCUT2D eigenvalue weighted by Gasteiger charge is -2.32. The van der Waals surface area contributed by atoms with Crippen LogP contribution >= 0.6 is 0 Å². The summed E-state index contributed by atoms with van der Waals surface area (Å²) in [6, 6.07) is 5.73. The number of benzene rings is 1. The Bertz CT molecular complexity index is 391. The molecular weight excluding hydrogens is 233 g/mol. The molecule has 0 fully saturated rings. The number of likely N-dealkylation sites (N-methyl/N-ethyl adjacent to an activating group) is 1. The van der Waals surface area contributed by atoms with Gasteiger partial charge in [0.05, 0.1) is 0 Å². The second kappa shape index (κ2) is 6.50. The van der Waals surface area contributed by atoms with E-state index in [1.165, 1.54) is 12.1 Å².